The summed E-state index contributed by atoms with van der Waals surface area (Å²) in [6, 6.07) is 5.63. The van der Waals surface area contributed by atoms with Crippen molar-refractivity contribution in [1.29, 1.82) is 0 Å². The monoisotopic (exact) mass is 309 g/mol. The zero-order valence-corrected chi connectivity index (χ0v) is 13.2. The molecule has 0 saturated carbocycles. The van der Waals surface area contributed by atoms with Gasteiger partial charge in [0, 0.05) is 12.5 Å². The Kier molecular flexibility index (Phi) is 4.73. The van der Waals surface area contributed by atoms with Crippen LogP contribution in [0, 0.1) is 0 Å². The molecule has 0 saturated heterocycles. The number of nitrogens with two attached hydrogens (primary N) is 1. The minimum atomic E-state index is -0.349. The Morgan fingerprint density at radius 3 is 2.76 bits per heavy atom. The first-order valence-corrected chi connectivity index (χ1v) is 7.45. The van der Waals surface area contributed by atoms with Crippen molar-refractivity contribution in [1.82, 2.24) is 9.55 Å². The maximum absolute atomic E-state index is 11.2. The smallest absolute Gasteiger partial charge is 0.219 e. The van der Waals surface area contributed by atoms with Gasteiger partial charge in [0.05, 0.1) is 17.5 Å². The molecule has 114 valence electrons. The molecule has 1 aromatic heterocycles. The number of primary amides is 1. The van der Waals surface area contributed by atoms with Crippen molar-refractivity contribution in [2.45, 2.75) is 38.6 Å². The lowest BCUT2D eigenvalue weighted by atomic mass is 10.2. The number of ether oxygens (including phenoxy) is 1. The predicted octanol–water partition coefficient (Wildman–Crippen LogP) is 3.17. The molecular formula is C15H20ClN3O2. The molecule has 0 spiro atoms. The van der Waals surface area contributed by atoms with Crippen LogP contribution in [0.15, 0.2) is 18.2 Å². The predicted molar refractivity (Wildman–Crippen MR) is 83.7 cm³/mol. The van der Waals surface area contributed by atoms with Gasteiger partial charge in [0.2, 0.25) is 5.91 Å². The maximum atomic E-state index is 11.2. The maximum Gasteiger partial charge on any atom is 0.219 e. The van der Waals surface area contributed by atoms with E-state index >= 15 is 0 Å². The first-order chi connectivity index (χ1) is 9.95. The molecule has 1 aromatic carbocycles. The van der Waals surface area contributed by atoms with Gasteiger partial charge in [-0.05, 0) is 32.9 Å². The van der Waals surface area contributed by atoms with E-state index in [1.807, 2.05) is 43.5 Å². The summed E-state index contributed by atoms with van der Waals surface area (Å²) in [6.07, 6.45) is 0.237. The number of halogens is 1. The molecule has 2 atom stereocenters. The summed E-state index contributed by atoms with van der Waals surface area (Å²) in [5.74, 6) is 1.09. The van der Waals surface area contributed by atoms with Crippen LogP contribution in [0.25, 0.3) is 11.0 Å². The molecule has 2 N–H and O–H groups in total. The number of hydrogen-bond acceptors (Lipinski definition) is 3. The summed E-state index contributed by atoms with van der Waals surface area (Å²) in [4.78, 5) is 15.8. The Morgan fingerprint density at radius 2 is 2.19 bits per heavy atom. The van der Waals surface area contributed by atoms with Crippen LogP contribution in [-0.4, -0.2) is 22.1 Å². The molecule has 2 unspecified atom stereocenters. The Hall–Kier alpha value is -1.75. The van der Waals surface area contributed by atoms with Gasteiger partial charge in [0.25, 0.3) is 0 Å². The molecule has 2 aromatic rings. The lowest BCUT2D eigenvalue weighted by molar-refractivity contribution is -0.118. The molecule has 2 rings (SSSR count). The number of imidazole rings is 1. The van der Waals surface area contributed by atoms with Crippen molar-refractivity contribution in [2.75, 3.05) is 6.61 Å². The van der Waals surface area contributed by atoms with Gasteiger partial charge >= 0.3 is 0 Å². The Bertz CT molecular complexity index is 652. The zero-order valence-electron chi connectivity index (χ0n) is 12.5. The number of nitrogens with zero attached hydrogens (tertiary/aromatic N) is 2. The standard InChI is InChI=1S/C15H20ClN3O2/c1-4-21-12-7-5-6-11-14(12)18-15(10(3)16)19(11)9(2)8-13(17)20/h5-7,9-10H,4,8H2,1-3H3,(H2,17,20). The van der Waals surface area contributed by atoms with Crippen LogP contribution in [0.5, 0.6) is 5.75 Å². The Labute approximate surface area is 129 Å². The number of alkyl halides is 1. The van der Waals surface area contributed by atoms with Gasteiger partial charge in [-0.15, -0.1) is 11.6 Å². The number of aromatic nitrogens is 2. The van der Waals surface area contributed by atoms with Crippen LogP contribution < -0.4 is 10.5 Å². The summed E-state index contributed by atoms with van der Waals surface area (Å²) in [7, 11) is 0. The van der Waals surface area contributed by atoms with E-state index in [0.29, 0.717) is 12.4 Å². The average Bonchev–Trinajstić information content (AvgIpc) is 2.79. The quantitative estimate of drug-likeness (QED) is 0.833. The van der Waals surface area contributed by atoms with Gasteiger partial charge < -0.3 is 15.0 Å². The largest absolute Gasteiger partial charge is 0.492 e. The van der Waals surface area contributed by atoms with Gasteiger partial charge in [-0.3, -0.25) is 4.79 Å². The van der Waals surface area contributed by atoms with Crippen LogP contribution >= 0.6 is 11.6 Å². The fourth-order valence-electron chi connectivity index (χ4n) is 2.51. The van der Waals surface area contributed by atoms with Gasteiger partial charge in [-0.2, -0.15) is 0 Å². The van der Waals surface area contributed by atoms with Crippen molar-refractivity contribution in [3.8, 4) is 5.75 Å². The van der Waals surface area contributed by atoms with Crippen LogP contribution in [0.2, 0.25) is 0 Å². The number of hydrogen-bond donors (Lipinski definition) is 1. The van der Waals surface area contributed by atoms with E-state index in [0.717, 1.165) is 16.8 Å². The molecule has 0 bridgehead atoms. The minimum Gasteiger partial charge on any atom is -0.492 e. The number of carbonyl (C=O) groups is 1. The molecule has 5 nitrogen and oxygen atoms in total. The number of fused-ring (bicyclic) bond motifs is 1. The first-order valence-electron chi connectivity index (χ1n) is 7.01. The highest BCUT2D eigenvalue weighted by Crippen LogP contribution is 2.33. The lowest BCUT2D eigenvalue weighted by Gasteiger charge is -2.17. The SMILES string of the molecule is CCOc1cccc2c1nc(C(C)Cl)n2C(C)CC(N)=O. The fraction of sp³-hybridized carbons (Fsp3) is 0.467. The van der Waals surface area contributed by atoms with Crippen molar-refractivity contribution in [3.63, 3.8) is 0 Å². The fourth-order valence-corrected chi connectivity index (χ4v) is 2.66. The lowest BCUT2D eigenvalue weighted by Crippen LogP contribution is -2.19. The Morgan fingerprint density at radius 1 is 1.48 bits per heavy atom. The first kappa shape index (κ1) is 15.6. The minimum absolute atomic E-state index is 0.111. The third kappa shape index (κ3) is 3.13. The topological polar surface area (TPSA) is 70.1 Å². The van der Waals surface area contributed by atoms with E-state index in [-0.39, 0.29) is 23.7 Å². The van der Waals surface area contributed by atoms with Crippen LogP contribution in [-0.2, 0) is 4.79 Å². The van der Waals surface area contributed by atoms with Crippen LogP contribution in [0.3, 0.4) is 0 Å². The summed E-state index contributed by atoms with van der Waals surface area (Å²) in [5, 5.41) is -0.276. The molecule has 21 heavy (non-hydrogen) atoms. The zero-order chi connectivity index (χ0) is 15.6. The molecule has 0 aliphatic rings. The molecular weight excluding hydrogens is 290 g/mol. The van der Waals surface area contributed by atoms with E-state index in [1.54, 1.807) is 0 Å². The average molecular weight is 310 g/mol. The van der Waals surface area contributed by atoms with Gasteiger partial charge in [-0.1, -0.05) is 6.07 Å². The second kappa shape index (κ2) is 6.35. The van der Waals surface area contributed by atoms with E-state index in [9.17, 15) is 4.79 Å². The van der Waals surface area contributed by atoms with Crippen LogP contribution in [0.1, 0.15) is 44.4 Å². The van der Waals surface area contributed by atoms with E-state index in [1.165, 1.54) is 0 Å². The van der Waals surface area contributed by atoms with E-state index < -0.39 is 0 Å². The summed E-state index contributed by atoms with van der Waals surface area (Å²) in [6.45, 7) is 6.28. The van der Waals surface area contributed by atoms with Crippen molar-refractivity contribution < 1.29 is 9.53 Å². The van der Waals surface area contributed by atoms with Crippen molar-refractivity contribution in [2.24, 2.45) is 5.73 Å². The molecule has 6 heteroatoms. The molecule has 1 amide bonds. The molecule has 0 aliphatic heterocycles. The second-order valence-electron chi connectivity index (χ2n) is 5.03. The third-order valence-corrected chi connectivity index (χ3v) is 3.50. The van der Waals surface area contributed by atoms with E-state index in [2.05, 4.69) is 4.98 Å². The summed E-state index contributed by atoms with van der Waals surface area (Å²) >= 11 is 6.25. The number of carbonyl (C=O) groups excluding carboxylic acids is 1. The number of amides is 1. The van der Waals surface area contributed by atoms with Crippen molar-refractivity contribution in [3.05, 3.63) is 24.0 Å². The van der Waals surface area contributed by atoms with Gasteiger partial charge in [0.1, 0.15) is 17.1 Å². The molecule has 0 aliphatic carbocycles. The molecule has 0 radical (unpaired) electrons. The second-order valence-corrected chi connectivity index (χ2v) is 5.69. The van der Waals surface area contributed by atoms with Crippen molar-refractivity contribution >= 4 is 28.5 Å². The summed E-state index contributed by atoms with van der Waals surface area (Å²) in [5.41, 5.74) is 6.98. The summed E-state index contributed by atoms with van der Waals surface area (Å²) < 4.78 is 7.59. The van der Waals surface area contributed by atoms with Gasteiger partial charge in [0.15, 0.2) is 0 Å². The highest BCUT2D eigenvalue weighted by Gasteiger charge is 2.21. The molecule has 0 fully saturated rings. The number of para-hydroxylation sites is 1. The van der Waals surface area contributed by atoms with E-state index in [4.69, 9.17) is 22.1 Å². The molecule has 1 heterocycles. The third-order valence-electron chi connectivity index (χ3n) is 3.30. The number of benzene rings is 1. The normalized spacial score (nSPS) is 14.1. The highest BCUT2D eigenvalue weighted by molar-refractivity contribution is 6.20. The van der Waals surface area contributed by atoms with Crippen LogP contribution in [0.4, 0.5) is 0 Å². The Balaban J connectivity index is 2.63. The highest BCUT2D eigenvalue weighted by atomic mass is 35.5. The van der Waals surface area contributed by atoms with Gasteiger partial charge in [-0.25, -0.2) is 4.98 Å². The number of rotatable bonds is 6.